The number of aromatic nitrogens is 3. The highest BCUT2D eigenvalue weighted by Crippen LogP contribution is 2.43. The normalized spacial score (nSPS) is 17.5. The molecule has 0 saturated carbocycles. The minimum atomic E-state index is -0.903. The summed E-state index contributed by atoms with van der Waals surface area (Å²) in [4.78, 5) is 26.7. The van der Waals surface area contributed by atoms with E-state index in [2.05, 4.69) is 15.5 Å². The first-order chi connectivity index (χ1) is 16.0. The third kappa shape index (κ3) is 4.05. The molecular formula is C25H19FN4O2S. The number of hydrogen-bond donors (Lipinski definition) is 1. The number of amides is 1. The van der Waals surface area contributed by atoms with Gasteiger partial charge in [0.15, 0.2) is 11.0 Å². The lowest BCUT2D eigenvalue weighted by Gasteiger charge is -2.31. The molecule has 0 saturated heterocycles. The summed E-state index contributed by atoms with van der Waals surface area (Å²) in [6.45, 7) is 1.96. The molecule has 2 heterocycles. The average Bonchev–Trinajstić information content (AvgIpc) is 3.26. The zero-order valence-electron chi connectivity index (χ0n) is 17.6. The van der Waals surface area contributed by atoms with Crippen LogP contribution in [-0.2, 0) is 0 Å². The Bertz CT molecular complexity index is 1340. The third-order valence-corrected chi connectivity index (χ3v) is 6.73. The number of fused-ring (bicyclic) bond motifs is 1. The number of nitrogens with zero attached hydrogens (tertiary/aromatic N) is 3. The summed E-state index contributed by atoms with van der Waals surface area (Å²) in [5.41, 5.74) is 2.94. The van der Waals surface area contributed by atoms with Gasteiger partial charge in [-0.05, 0) is 42.8 Å². The van der Waals surface area contributed by atoms with Crippen LogP contribution in [0.3, 0.4) is 0 Å². The van der Waals surface area contributed by atoms with Gasteiger partial charge in [0, 0.05) is 11.1 Å². The topological polar surface area (TPSA) is 76.9 Å². The van der Waals surface area contributed by atoms with Crippen molar-refractivity contribution in [3.8, 4) is 11.4 Å². The van der Waals surface area contributed by atoms with Gasteiger partial charge in [0.1, 0.15) is 11.9 Å². The molecule has 1 aliphatic rings. The molecule has 0 radical (unpaired) electrons. The van der Waals surface area contributed by atoms with Gasteiger partial charge in [-0.1, -0.05) is 65.9 Å². The maximum absolute atomic E-state index is 13.8. The van der Waals surface area contributed by atoms with E-state index < -0.39 is 11.3 Å². The Kier molecular flexibility index (Phi) is 5.51. The van der Waals surface area contributed by atoms with E-state index in [-0.39, 0.29) is 17.6 Å². The van der Waals surface area contributed by atoms with Crippen LogP contribution in [0.5, 0.6) is 0 Å². The lowest BCUT2D eigenvalue weighted by molar-refractivity contribution is 0.0789. The number of carbonyl (C=O) groups is 2. The van der Waals surface area contributed by atoms with Crippen LogP contribution in [0.1, 0.15) is 31.5 Å². The number of thioether (sulfide) groups is 1. The summed E-state index contributed by atoms with van der Waals surface area (Å²) >= 11 is 1.32. The van der Waals surface area contributed by atoms with Gasteiger partial charge in [0.2, 0.25) is 0 Å². The summed E-state index contributed by atoms with van der Waals surface area (Å²) in [6, 6.07) is 21.4. The average molecular weight is 459 g/mol. The summed E-state index contributed by atoms with van der Waals surface area (Å²) in [5.74, 6) is -0.664. The fourth-order valence-electron chi connectivity index (χ4n) is 3.83. The van der Waals surface area contributed by atoms with E-state index in [1.165, 1.54) is 28.5 Å². The lowest BCUT2D eigenvalue weighted by atomic mass is 10.0. The molecule has 33 heavy (non-hydrogen) atoms. The Morgan fingerprint density at radius 1 is 1.00 bits per heavy atom. The zero-order chi connectivity index (χ0) is 22.9. The van der Waals surface area contributed by atoms with Crippen molar-refractivity contribution in [2.75, 3.05) is 0 Å². The van der Waals surface area contributed by atoms with E-state index in [1.54, 1.807) is 36.4 Å². The maximum Gasteiger partial charge on any atom is 0.258 e. The van der Waals surface area contributed by atoms with Crippen LogP contribution in [0.4, 0.5) is 4.39 Å². The van der Waals surface area contributed by atoms with E-state index in [9.17, 15) is 14.0 Å². The van der Waals surface area contributed by atoms with E-state index in [0.717, 1.165) is 11.1 Å². The van der Waals surface area contributed by atoms with Crippen molar-refractivity contribution in [2.45, 2.75) is 23.4 Å². The van der Waals surface area contributed by atoms with Crippen LogP contribution in [0.15, 0.2) is 84.0 Å². The van der Waals surface area contributed by atoms with Gasteiger partial charge in [-0.25, -0.2) is 8.96 Å². The smallest absolute Gasteiger partial charge is 0.258 e. The van der Waals surface area contributed by atoms with Crippen LogP contribution in [-0.4, -0.2) is 32.6 Å². The second kappa shape index (κ2) is 8.63. The molecule has 0 aliphatic carbocycles. The van der Waals surface area contributed by atoms with Crippen LogP contribution in [0.25, 0.3) is 11.4 Å². The standard InChI is InChI=1S/C25H19FN4O2S/c1-15-6-5-9-18(14-15)22-28-29-25-30(22)24(32)20(27-23(31)17-7-3-2-4-8-17)21(33-25)16-10-12-19(26)13-11-16/h2-14,20-21H,1H3,(H,27,31). The maximum atomic E-state index is 13.8. The highest BCUT2D eigenvalue weighted by Gasteiger charge is 2.41. The van der Waals surface area contributed by atoms with Crippen LogP contribution >= 0.6 is 11.8 Å². The fraction of sp³-hybridized carbons (Fsp3) is 0.120. The van der Waals surface area contributed by atoms with Crippen molar-refractivity contribution < 1.29 is 14.0 Å². The Hall–Kier alpha value is -3.78. The van der Waals surface area contributed by atoms with Gasteiger partial charge in [0.05, 0.1) is 5.25 Å². The van der Waals surface area contributed by atoms with Crippen molar-refractivity contribution in [3.05, 3.63) is 101 Å². The van der Waals surface area contributed by atoms with E-state index in [0.29, 0.717) is 22.1 Å². The Labute approximate surface area is 193 Å². The van der Waals surface area contributed by atoms with Gasteiger partial charge < -0.3 is 5.32 Å². The van der Waals surface area contributed by atoms with Crippen LogP contribution < -0.4 is 5.32 Å². The molecule has 8 heteroatoms. The molecule has 0 bridgehead atoms. The molecule has 164 valence electrons. The van der Waals surface area contributed by atoms with Crippen LogP contribution in [0, 0.1) is 12.7 Å². The number of benzene rings is 3. The number of hydrogen-bond acceptors (Lipinski definition) is 5. The van der Waals surface area contributed by atoms with Crippen LogP contribution in [0.2, 0.25) is 0 Å². The Balaban J connectivity index is 1.57. The van der Waals surface area contributed by atoms with Crippen molar-refractivity contribution in [2.24, 2.45) is 0 Å². The summed E-state index contributed by atoms with van der Waals surface area (Å²) in [6.07, 6.45) is 0. The van der Waals surface area contributed by atoms with Gasteiger partial charge in [0.25, 0.3) is 11.8 Å². The van der Waals surface area contributed by atoms with Gasteiger partial charge in [-0.3, -0.25) is 9.59 Å². The molecule has 0 spiro atoms. The van der Waals surface area contributed by atoms with Crippen molar-refractivity contribution >= 4 is 23.6 Å². The number of aryl methyl sites for hydroxylation is 1. The second-order valence-corrected chi connectivity index (χ2v) is 8.87. The molecule has 5 rings (SSSR count). The SMILES string of the molecule is Cc1cccc(-c2nnc3n2C(=O)C(NC(=O)c2ccccc2)C(c2ccc(F)cc2)S3)c1. The first kappa shape index (κ1) is 21.1. The first-order valence-electron chi connectivity index (χ1n) is 10.4. The minimum absolute atomic E-state index is 0.344. The van der Waals surface area contributed by atoms with E-state index in [4.69, 9.17) is 0 Å². The molecule has 2 unspecified atom stereocenters. The van der Waals surface area contributed by atoms with E-state index in [1.807, 2.05) is 37.3 Å². The van der Waals surface area contributed by atoms with Gasteiger partial charge in [-0.15, -0.1) is 10.2 Å². The highest BCUT2D eigenvalue weighted by molar-refractivity contribution is 7.99. The Morgan fingerprint density at radius 3 is 2.48 bits per heavy atom. The largest absolute Gasteiger partial charge is 0.339 e. The first-order valence-corrected chi connectivity index (χ1v) is 11.2. The quantitative estimate of drug-likeness (QED) is 0.481. The molecule has 6 nitrogen and oxygen atoms in total. The molecule has 1 aromatic heterocycles. The number of halogens is 1. The van der Waals surface area contributed by atoms with Gasteiger partial charge >= 0.3 is 0 Å². The van der Waals surface area contributed by atoms with Crippen molar-refractivity contribution in [3.63, 3.8) is 0 Å². The van der Waals surface area contributed by atoms with Crippen molar-refractivity contribution in [1.29, 1.82) is 0 Å². The fourth-order valence-corrected chi connectivity index (χ4v) is 5.04. The monoisotopic (exact) mass is 458 g/mol. The zero-order valence-corrected chi connectivity index (χ0v) is 18.4. The molecule has 0 fully saturated rings. The Morgan fingerprint density at radius 2 is 1.76 bits per heavy atom. The molecule has 3 aromatic carbocycles. The summed E-state index contributed by atoms with van der Waals surface area (Å²) < 4.78 is 15.0. The minimum Gasteiger partial charge on any atom is -0.339 e. The van der Waals surface area contributed by atoms with E-state index >= 15 is 0 Å². The number of rotatable bonds is 4. The molecule has 1 N–H and O–H groups in total. The molecule has 2 atom stereocenters. The molecular weight excluding hydrogens is 439 g/mol. The van der Waals surface area contributed by atoms with Gasteiger partial charge in [-0.2, -0.15) is 0 Å². The predicted molar refractivity (Wildman–Crippen MR) is 124 cm³/mol. The third-order valence-electron chi connectivity index (χ3n) is 5.45. The number of nitrogens with one attached hydrogen (secondary N) is 1. The molecule has 1 aliphatic heterocycles. The van der Waals surface area contributed by atoms with Crippen molar-refractivity contribution in [1.82, 2.24) is 20.1 Å². The predicted octanol–water partition coefficient (Wildman–Crippen LogP) is 4.68. The molecule has 1 amide bonds. The number of carbonyl (C=O) groups excluding carboxylic acids is 2. The second-order valence-electron chi connectivity index (χ2n) is 7.76. The molecule has 4 aromatic rings. The summed E-state index contributed by atoms with van der Waals surface area (Å²) in [7, 11) is 0. The highest BCUT2D eigenvalue weighted by atomic mass is 32.2. The lowest BCUT2D eigenvalue weighted by Crippen LogP contribution is -2.48. The summed E-state index contributed by atoms with van der Waals surface area (Å²) in [5, 5.41) is 11.3.